The summed E-state index contributed by atoms with van der Waals surface area (Å²) < 4.78 is 6.55. The lowest BCUT2D eigenvalue weighted by molar-refractivity contribution is 0.669. The molecule has 0 saturated carbocycles. The number of para-hydroxylation sites is 2. The molecule has 1 unspecified atom stereocenters. The normalized spacial score (nSPS) is 14.6. The first kappa shape index (κ1) is 33.3. The van der Waals surface area contributed by atoms with E-state index in [1.165, 1.54) is 15.4 Å². The predicted octanol–water partition coefficient (Wildman–Crippen LogP) is 14.0. The summed E-state index contributed by atoms with van der Waals surface area (Å²) in [6, 6.07) is 70.7. The number of anilines is 3. The fraction of sp³-hybridized carbons (Fsp3) is 0.0192. The largest absolute Gasteiger partial charge is 0.456 e. The summed E-state index contributed by atoms with van der Waals surface area (Å²) in [5, 5.41) is 6.02. The SMILES string of the molecule is c1ccc(C2=C3Sc4ccccc4C3NC(c3ccc(-c4cccc5oc6cc(-c7ccc(N(c8ccccc8)c8ccccc8)cc7)ccc6c45)cc3)=N2)cc1. The molecule has 2 aliphatic rings. The van der Waals surface area contributed by atoms with Crippen LogP contribution in [-0.4, -0.2) is 5.84 Å². The fourth-order valence-corrected chi connectivity index (χ4v) is 9.45. The van der Waals surface area contributed by atoms with Gasteiger partial charge in [-0.05, 0) is 88.5 Å². The molecule has 0 fully saturated rings. The third kappa shape index (κ3) is 5.92. The molecular formula is C52H35N3OS. The molecule has 0 aliphatic carbocycles. The first-order valence-corrected chi connectivity index (χ1v) is 20.1. The Morgan fingerprint density at radius 1 is 0.491 bits per heavy atom. The first-order chi connectivity index (χ1) is 28.2. The lowest BCUT2D eigenvalue weighted by Gasteiger charge is -2.25. The van der Waals surface area contributed by atoms with E-state index in [4.69, 9.17) is 9.41 Å². The Hall–Kier alpha value is -7.08. The van der Waals surface area contributed by atoms with Gasteiger partial charge in [-0.1, -0.05) is 151 Å². The highest BCUT2D eigenvalue weighted by molar-refractivity contribution is 8.03. The Kier molecular flexibility index (Phi) is 8.11. The number of fused-ring (bicyclic) bond motifs is 6. The minimum Gasteiger partial charge on any atom is -0.456 e. The number of furan rings is 1. The Bertz CT molecular complexity index is 2950. The average Bonchev–Trinajstić information content (AvgIpc) is 3.86. The highest BCUT2D eigenvalue weighted by Gasteiger charge is 2.35. The zero-order valence-corrected chi connectivity index (χ0v) is 31.7. The van der Waals surface area contributed by atoms with Crippen LogP contribution in [0.2, 0.25) is 0 Å². The third-order valence-electron chi connectivity index (χ3n) is 11.0. The van der Waals surface area contributed by atoms with E-state index in [1.807, 2.05) is 11.8 Å². The van der Waals surface area contributed by atoms with Gasteiger partial charge in [0.15, 0.2) is 0 Å². The number of thioether (sulfide) groups is 1. The number of rotatable bonds is 7. The van der Waals surface area contributed by atoms with Crippen LogP contribution >= 0.6 is 11.8 Å². The summed E-state index contributed by atoms with van der Waals surface area (Å²) in [5.74, 6) is 0.881. The van der Waals surface area contributed by atoms with Crippen LogP contribution in [0, 0.1) is 0 Å². The van der Waals surface area contributed by atoms with Gasteiger partial charge in [-0.25, -0.2) is 4.99 Å². The Morgan fingerprint density at radius 2 is 1.11 bits per heavy atom. The quantitative estimate of drug-likeness (QED) is 0.176. The standard InChI is InChI=1S/C52H35N3OS/c1-4-13-36(14-5-1)49-51-50(44-19-10-11-22-47(44)57-51)54-52(53-49)37-25-23-35(24-26-37)42-20-12-21-45-48(42)43-32-29-38(33-46(43)56-45)34-27-30-41(31-28-34)55(39-15-6-2-7-16-39)40-17-8-3-9-18-40/h1-33,50H,(H,53,54). The molecule has 0 bridgehead atoms. The van der Waals surface area contributed by atoms with Gasteiger partial charge in [-0.3, -0.25) is 0 Å². The molecular weight excluding hydrogens is 715 g/mol. The molecule has 0 radical (unpaired) electrons. The molecule has 3 heterocycles. The maximum absolute atomic E-state index is 6.55. The number of hydrogen-bond acceptors (Lipinski definition) is 5. The molecule has 0 amide bonds. The number of benzene rings is 8. The molecule has 0 saturated heterocycles. The van der Waals surface area contributed by atoms with Gasteiger partial charge in [0.25, 0.3) is 0 Å². The highest BCUT2D eigenvalue weighted by Crippen LogP contribution is 2.52. The van der Waals surface area contributed by atoms with E-state index >= 15 is 0 Å². The minimum absolute atomic E-state index is 0.0701. The van der Waals surface area contributed by atoms with Gasteiger partial charge < -0.3 is 14.6 Å². The summed E-state index contributed by atoms with van der Waals surface area (Å²) in [4.78, 5) is 10.1. The van der Waals surface area contributed by atoms with Crippen LogP contribution < -0.4 is 10.2 Å². The van der Waals surface area contributed by atoms with Crippen molar-refractivity contribution in [2.45, 2.75) is 10.9 Å². The Morgan fingerprint density at radius 3 is 1.84 bits per heavy atom. The number of aliphatic imine (C=N–C) groups is 1. The van der Waals surface area contributed by atoms with Gasteiger partial charge in [0.2, 0.25) is 0 Å². The molecule has 9 aromatic rings. The van der Waals surface area contributed by atoms with Gasteiger partial charge >= 0.3 is 0 Å². The summed E-state index contributed by atoms with van der Waals surface area (Å²) >= 11 is 1.82. The van der Waals surface area contributed by atoms with Crippen LogP contribution in [-0.2, 0) is 0 Å². The predicted molar refractivity (Wildman–Crippen MR) is 237 cm³/mol. The molecule has 1 atom stereocenters. The van der Waals surface area contributed by atoms with E-state index in [9.17, 15) is 0 Å². The summed E-state index contributed by atoms with van der Waals surface area (Å²) in [6.07, 6.45) is 0. The lowest BCUT2D eigenvalue weighted by Crippen LogP contribution is -2.32. The molecule has 4 nitrogen and oxygen atoms in total. The van der Waals surface area contributed by atoms with E-state index < -0.39 is 0 Å². The summed E-state index contributed by atoms with van der Waals surface area (Å²) in [7, 11) is 0. The second kappa shape index (κ2) is 13.9. The smallest absolute Gasteiger partial charge is 0.136 e. The van der Waals surface area contributed by atoms with Crippen molar-refractivity contribution in [2.24, 2.45) is 4.99 Å². The van der Waals surface area contributed by atoms with Crippen molar-refractivity contribution < 1.29 is 4.42 Å². The fourth-order valence-electron chi connectivity index (χ4n) is 8.20. The van der Waals surface area contributed by atoms with Crippen molar-refractivity contribution in [3.05, 3.63) is 222 Å². The summed E-state index contributed by atoms with van der Waals surface area (Å²) in [5.41, 5.74) is 14.1. The van der Waals surface area contributed by atoms with Crippen LogP contribution in [0.4, 0.5) is 17.1 Å². The molecule has 270 valence electrons. The third-order valence-corrected chi connectivity index (χ3v) is 12.2. The second-order valence-corrected chi connectivity index (χ2v) is 15.5. The topological polar surface area (TPSA) is 40.8 Å². The van der Waals surface area contributed by atoms with Crippen LogP contribution in [0.3, 0.4) is 0 Å². The first-order valence-electron chi connectivity index (χ1n) is 19.2. The van der Waals surface area contributed by atoms with Gasteiger partial charge in [0.1, 0.15) is 17.0 Å². The molecule has 8 aromatic carbocycles. The highest BCUT2D eigenvalue weighted by atomic mass is 32.2. The number of hydrogen-bond donors (Lipinski definition) is 1. The van der Waals surface area contributed by atoms with Crippen LogP contribution in [0.5, 0.6) is 0 Å². The van der Waals surface area contributed by atoms with E-state index in [-0.39, 0.29) is 6.04 Å². The number of nitrogens with zero attached hydrogens (tertiary/aromatic N) is 2. The van der Waals surface area contributed by atoms with Gasteiger partial charge in [0.05, 0.1) is 11.7 Å². The maximum atomic E-state index is 6.55. The van der Waals surface area contributed by atoms with Crippen LogP contribution in [0.25, 0.3) is 49.9 Å². The molecule has 57 heavy (non-hydrogen) atoms. The molecule has 2 aliphatic heterocycles. The summed E-state index contributed by atoms with van der Waals surface area (Å²) in [6.45, 7) is 0. The van der Waals surface area contributed by atoms with Gasteiger partial charge in [-0.15, -0.1) is 0 Å². The average molecular weight is 750 g/mol. The molecule has 5 heteroatoms. The van der Waals surface area contributed by atoms with E-state index in [2.05, 4.69) is 210 Å². The van der Waals surface area contributed by atoms with Crippen LogP contribution in [0.15, 0.2) is 219 Å². The maximum Gasteiger partial charge on any atom is 0.136 e. The number of nitrogens with one attached hydrogen (secondary N) is 1. The minimum atomic E-state index is 0.0701. The van der Waals surface area contributed by atoms with Crippen molar-refractivity contribution in [2.75, 3.05) is 4.90 Å². The molecule has 11 rings (SSSR count). The number of amidine groups is 1. The zero-order chi connectivity index (χ0) is 37.7. The van der Waals surface area contributed by atoms with Gasteiger partial charge in [0, 0.05) is 48.8 Å². The zero-order valence-electron chi connectivity index (χ0n) is 30.8. The van der Waals surface area contributed by atoms with E-state index in [0.29, 0.717) is 0 Å². The van der Waals surface area contributed by atoms with Crippen molar-refractivity contribution in [3.8, 4) is 22.3 Å². The van der Waals surface area contributed by atoms with E-state index in [0.717, 1.165) is 83.9 Å². The van der Waals surface area contributed by atoms with Crippen molar-refractivity contribution in [3.63, 3.8) is 0 Å². The van der Waals surface area contributed by atoms with Gasteiger partial charge in [-0.2, -0.15) is 0 Å². The van der Waals surface area contributed by atoms with Crippen LogP contribution in [0.1, 0.15) is 22.7 Å². The van der Waals surface area contributed by atoms with Crippen molar-refractivity contribution in [1.82, 2.24) is 5.32 Å². The molecule has 0 spiro atoms. The monoisotopic (exact) mass is 749 g/mol. The Labute approximate surface area is 335 Å². The van der Waals surface area contributed by atoms with E-state index in [1.54, 1.807) is 0 Å². The Balaban J connectivity index is 0.911. The second-order valence-electron chi connectivity index (χ2n) is 14.4. The van der Waals surface area contributed by atoms with Crippen molar-refractivity contribution >= 4 is 62.3 Å². The molecule has 1 N–H and O–H groups in total. The lowest BCUT2D eigenvalue weighted by atomic mass is 9.96. The van der Waals surface area contributed by atoms with Crippen molar-refractivity contribution in [1.29, 1.82) is 0 Å². The molecule has 1 aromatic heterocycles.